The molecular formula is C31H48O5. The van der Waals surface area contributed by atoms with Crippen LogP contribution in [0.1, 0.15) is 99.8 Å². The van der Waals surface area contributed by atoms with Gasteiger partial charge in [0.25, 0.3) is 0 Å². The van der Waals surface area contributed by atoms with E-state index >= 15 is 0 Å². The van der Waals surface area contributed by atoms with Gasteiger partial charge in [0.15, 0.2) is 5.78 Å². The Bertz CT molecular complexity index is 991. The Labute approximate surface area is 217 Å². The van der Waals surface area contributed by atoms with E-state index in [1.807, 2.05) is 0 Å². The molecule has 36 heavy (non-hydrogen) atoms. The quantitative estimate of drug-likeness (QED) is 0.392. The fraction of sp³-hybridized carbons (Fsp3) is 0.806. The molecule has 3 N–H and O–H groups in total. The number of aliphatic carboxylic acids is 1. The lowest BCUT2D eigenvalue weighted by atomic mass is 9.43. The summed E-state index contributed by atoms with van der Waals surface area (Å²) in [6.45, 7) is 19.1. The van der Waals surface area contributed by atoms with E-state index in [-0.39, 0.29) is 22.5 Å². The fourth-order valence-electron chi connectivity index (χ4n) is 9.26. The molecule has 0 amide bonds. The minimum Gasteiger partial charge on any atom is -0.481 e. The maximum absolute atomic E-state index is 14.0. The predicted molar refractivity (Wildman–Crippen MR) is 141 cm³/mol. The highest BCUT2D eigenvalue weighted by Gasteiger charge is 2.68. The standard InChI is InChI=1S/C31H48O5/c1-17(2)18(3)9-10-19(27(35)36)25-22(33)16-31(8)26-20(11-14-30(25,31)7)29(6)13-12-24(34)28(4,5)23(29)15-21(26)32/h17,19,22-25,33-34H,3,9-16H2,1-2,4-8H3,(H,35,36)/t19-,22-,23+,24-,25+,29-,30-,31+/m1/s1. The van der Waals surface area contributed by atoms with Crippen LogP contribution in [0.25, 0.3) is 0 Å². The third-order valence-electron chi connectivity index (χ3n) is 11.9. The average molecular weight is 501 g/mol. The number of carbonyl (C=O) groups is 2. The van der Waals surface area contributed by atoms with E-state index in [1.54, 1.807) is 0 Å². The minimum absolute atomic E-state index is 0.0869. The summed E-state index contributed by atoms with van der Waals surface area (Å²) in [4.78, 5) is 26.5. The lowest BCUT2D eigenvalue weighted by Crippen LogP contribution is -2.57. The molecule has 4 aliphatic carbocycles. The number of aliphatic hydroxyl groups is 2. The molecule has 0 aromatic carbocycles. The highest BCUT2D eigenvalue weighted by molar-refractivity contribution is 5.99. The summed E-state index contributed by atoms with van der Waals surface area (Å²) in [5, 5.41) is 32.6. The molecule has 0 aromatic rings. The molecular weight excluding hydrogens is 452 g/mol. The predicted octanol–water partition coefficient (Wildman–Crippen LogP) is 5.94. The van der Waals surface area contributed by atoms with Crippen LogP contribution in [0.4, 0.5) is 0 Å². The first kappa shape index (κ1) is 27.6. The number of carboxylic acid groups (broad SMARTS) is 1. The van der Waals surface area contributed by atoms with E-state index < -0.39 is 40.8 Å². The lowest BCUT2D eigenvalue weighted by Gasteiger charge is -2.61. The van der Waals surface area contributed by atoms with Crippen molar-refractivity contribution in [3.8, 4) is 0 Å². The average Bonchev–Trinajstić information content (AvgIpc) is 2.98. The Balaban J connectivity index is 1.77. The van der Waals surface area contributed by atoms with Gasteiger partial charge in [0, 0.05) is 23.3 Å². The Morgan fingerprint density at radius 3 is 2.33 bits per heavy atom. The Kier molecular flexibility index (Phi) is 6.74. The molecule has 0 aromatic heterocycles. The molecule has 2 saturated carbocycles. The number of carboxylic acids is 1. The summed E-state index contributed by atoms with van der Waals surface area (Å²) in [6.07, 6.45) is 3.90. The van der Waals surface area contributed by atoms with Crippen LogP contribution in [0.3, 0.4) is 0 Å². The van der Waals surface area contributed by atoms with E-state index in [2.05, 4.69) is 55.0 Å². The molecule has 0 spiro atoms. The molecule has 8 atom stereocenters. The van der Waals surface area contributed by atoms with Gasteiger partial charge >= 0.3 is 5.97 Å². The highest BCUT2D eigenvalue weighted by Crippen LogP contribution is 2.72. The maximum Gasteiger partial charge on any atom is 0.306 e. The first-order valence-electron chi connectivity index (χ1n) is 14.1. The van der Waals surface area contributed by atoms with E-state index in [4.69, 9.17) is 0 Å². The van der Waals surface area contributed by atoms with Gasteiger partial charge in [-0.3, -0.25) is 9.59 Å². The van der Waals surface area contributed by atoms with Crippen molar-refractivity contribution in [2.75, 3.05) is 0 Å². The van der Waals surface area contributed by atoms with Gasteiger partial charge in [-0.15, -0.1) is 0 Å². The summed E-state index contributed by atoms with van der Waals surface area (Å²) >= 11 is 0. The summed E-state index contributed by atoms with van der Waals surface area (Å²) in [7, 11) is 0. The summed E-state index contributed by atoms with van der Waals surface area (Å²) in [5.41, 5.74) is 1.64. The third-order valence-corrected chi connectivity index (χ3v) is 11.9. The van der Waals surface area contributed by atoms with Crippen LogP contribution in [-0.2, 0) is 9.59 Å². The normalized spacial score (nSPS) is 42.6. The monoisotopic (exact) mass is 500 g/mol. The van der Waals surface area contributed by atoms with E-state index in [0.717, 1.165) is 36.8 Å². The largest absolute Gasteiger partial charge is 0.481 e. The van der Waals surface area contributed by atoms with Gasteiger partial charge in [-0.25, -0.2) is 0 Å². The number of hydrogen-bond donors (Lipinski definition) is 3. The van der Waals surface area contributed by atoms with Crippen molar-refractivity contribution in [2.24, 2.45) is 45.3 Å². The van der Waals surface area contributed by atoms with E-state index in [0.29, 0.717) is 31.6 Å². The smallest absolute Gasteiger partial charge is 0.306 e. The molecule has 0 saturated heterocycles. The molecule has 0 bridgehead atoms. The van der Waals surface area contributed by atoms with Gasteiger partial charge in [0.05, 0.1) is 18.1 Å². The molecule has 202 valence electrons. The van der Waals surface area contributed by atoms with Crippen molar-refractivity contribution in [2.45, 2.75) is 112 Å². The minimum atomic E-state index is -0.856. The van der Waals surface area contributed by atoms with Crippen molar-refractivity contribution in [1.29, 1.82) is 0 Å². The zero-order valence-corrected chi connectivity index (χ0v) is 23.5. The van der Waals surface area contributed by atoms with Crippen molar-refractivity contribution < 1.29 is 24.9 Å². The van der Waals surface area contributed by atoms with E-state index in [1.165, 1.54) is 5.57 Å². The lowest BCUT2D eigenvalue weighted by molar-refractivity contribution is -0.149. The highest BCUT2D eigenvalue weighted by atomic mass is 16.4. The molecule has 2 fully saturated rings. The SMILES string of the molecule is C=C(CC[C@@H](C(=O)O)[C@H]1[C@H](O)C[C@@]2(C)C3=C(CC[C@]12C)[C@@]1(C)CC[C@@H](O)C(C)(C)[C@@H]1CC3=O)C(C)C. The van der Waals surface area contributed by atoms with Crippen LogP contribution in [0.5, 0.6) is 0 Å². The Hall–Kier alpha value is -1.46. The molecule has 0 aliphatic heterocycles. The van der Waals surface area contributed by atoms with Gasteiger partial charge in [-0.2, -0.15) is 0 Å². The third kappa shape index (κ3) is 3.70. The first-order chi connectivity index (χ1) is 16.5. The number of aliphatic hydroxyl groups excluding tert-OH is 2. The summed E-state index contributed by atoms with van der Waals surface area (Å²) < 4.78 is 0. The Morgan fingerprint density at radius 1 is 1.11 bits per heavy atom. The van der Waals surface area contributed by atoms with Crippen molar-refractivity contribution >= 4 is 11.8 Å². The number of hydrogen-bond acceptors (Lipinski definition) is 4. The van der Waals surface area contributed by atoms with Crippen LogP contribution in [-0.4, -0.2) is 39.3 Å². The molecule has 0 heterocycles. The van der Waals surface area contributed by atoms with Crippen LogP contribution in [0.2, 0.25) is 0 Å². The van der Waals surface area contributed by atoms with Crippen LogP contribution in [0, 0.1) is 45.3 Å². The molecule has 5 nitrogen and oxygen atoms in total. The molecule has 4 aliphatic rings. The number of ketones is 1. The van der Waals surface area contributed by atoms with Crippen LogP contribution in [0.15, 0.2) is 23.3 Å². The van der Waals surface area contributed by atoms with Crippen molar-refractivity contribution in [1.82, 2.24) is 0 Å². The zero-order chi connectivity index (χ0) is 27.0. The zero-order valence-electron chi connectivity index (χ0n) is 23.5. The van der Waals surface area contributed by atoms with Gasteiger partial charge in [-0.05, 0) is 73.0 Å². The van der Waals surface area contributed by atoms with Gasteiger partial charge in [0.2, 0.25) is 0 Å². The second kappa shape index (κ2) is 8.80. The second-order valence-corrected chi connectivity index (χ2v) is 14.2. The van der Waals surface area contributed by atoms with Crippen molar-refractivity contribution in [3.63, 3.8) is 0 Å². The van der Waals surface area contributed by atoms with Gasteiger partial charge in [0.1, 0.15) is 0 Å². The molecule has 0 unspecified atom stereocenters. The van der Waals surface area contributed by atoms with Crippen LogP contribution < -0.4 is 0 Å². The van der Waals surface area contributed by atoms with Gasteiger partial charge < -0.3 is 15.3 Å². The fourth-order valence-corrected chi connectivity index (χ4v) is 9.26. The first-order valence-corrected chi connectivity index (χ1v) is 14.1. The van der Waals surface area contributed by atoms with Crippen molar-refractivity contribution in [3.05, 3.63) is 23.3 Å². The molecule has 5 heteroatoms. The second-order valence-electron chi connectivity index (χ2n) is 14.2. The number of Topliss-reactive ketones (excluding diaryl/α,β-unsaturated/α-hetero) is 1. The Morgan fingerprint density at radius 2 is 1.75 bits per heavy atom. The van der Waals surface area contributed by atoms with Gasteiger partial charge in [-0.1, -0.05) is 66.2 Å². The van der Waals surface area contributed by atoms with E-state index in [9.17, 15) is 24.9 Å². The topological polar surface area (TPSA) is 94.8 Å². The summed E-state index contributed by atoms with van der Waals surface area (Å²) in [5.74, 6) is -1.40. The van der Waals surface area contributed by atoms with Crippen LogP contribution >= 0.6 is 0 Å². The number of rotatable bonds is 6. The number of carbonyl (C=O) groups excluding carboxylic acids is 1. The maximum atomic E-state index is 14.0. The summed E-state index contributed by atoms with van der Waals surface area (Å²) in [6, 6.07) is 0. The molecule has 4 rings (SSSR count). The number of allylic oxidation sites excluding steroid dienone is 3. The number of fused-ring (bicyclic) bond motifs is 4. The molecule has 0 radical (unpaired) electrons.